The first kappa shape index (κ1) is 15.9. The lowest BCUT2D eigenvalue weighted by atomic mass is 9.99. The van der Waals surface area contributed by atoms with E-state index in [-0.39, 0.29) is 0 Å². The molecule has 1 saturated heterocycles. The van der Waals surface area contributed by atoms with Gasteiger partial charge in [-0.2, -0.15) is 0 Å². The fourth-order valence-corrected chi connectivity index (χ4v) is 3.65. The molecule has 3 heteroatoms. The first-order valence-electron chi connectivity index (χ1n) is 7.83. The largest absolute Gasteiger partial charge is 0.378 e. The predicted molar refractivity (Wildman–Crippen MR) is 87.5 cm³/mol. The summed E-state index contributed by atoms with van der Waals surface area (Å²) < 4.78 is 5.72. The van der Waals surface area contributed by atoms with E-state index in [0.717, 1.165) is 13.2 Å². The molecule has 0 spiro atoms. The van der Waals surface area contributed by atoms with Gasteiger partial charge in [0.05, 0.1) is 6.10 Å². The number of hydrogen-bond acceptors (Lipinski definition) is 3. The lowest BCUT2D eigenvalue weighted by molar-refractivity contribution is 0.101. The second kappa shape index (κ2) is 8.71. The van der Waals surface area contributed by atoms with Crippen molar-refractivity contribution < 1.29 is 4.74 Å². The first-order chi connectivity index (χ1) is 9.85. The average Bonchev–Trinajstić information content (AvgIpc) is 2.99. The van der Waals surface area contributed by atoms with E-state index in [1.165, 1.54) is 42.6 Å². The molecule has 0 aliphatic carbocycles. The Kier molecular flexibility index (Phi) is 6.91. The number of thioether (sulfide) groups is 1. The Morgan fingerprint density at radius 3 is 2.95 bits per heavy atom. The van der Waals surface area contributed by atoms with Crippen LogP contribution in [-0.4, -0.2) is 25.5 Å². The molecule has 1 fully saturated rings. The van der Waals surface area contributed by atoms with Crippen molar-refractivity contribution in [2.24, 2.45) is 0 Å². The molecule has 1 heterocycles. The zero-order valence-corrected chi connectivity index (χ0v) is 13.5. The van der Waals surface area contributed by atoms with Crippen molar-refractivity contribution in [3.63, 3.8) is 0 Å². The van der Waals surface area contributed by atoms with Gasteiger partial charge in [-0.15, -0.1) is 11.8 Å². The Labute approximate surface area is 127 Å². The van der Waals surface area contributed by atoms with Crippen molar-refractivity contribution in [2.45, 2.75) is 56.1 Å². The third-order valence-corrected chi connectivity index (χ3v) is 4.82. The van der Waals surface area contributed by atoms with Crippen LogP contribution in [0.15, 0.2) is 29.2 Å². The van der Waals surface area contributed by atoms with Gasteiger partial charge in [0.25, 0.3) is 0 Å². The molecule has 20 heavy (non-hydrogen) atoms. The average molecular weight is 293 g/mol. The lowest BCUT2D eigenvalue weighted by Gasteiger charge is -2.21. The van der Waals surface area contributed by atoms with Gasteiger partial charge in [-0.3, -0.25) is 0 Å². The second-order valence-corrected chi connectivity index (χ2v) is 6.27. The van der Waals surface area contributed by atoms with E-state index >= 15 is 0 Å². The van der Waals surface area contributed by atoms with Crippen molar-refractivity contribution in [2.75, 3.05) is 19.4 Å². The Morgan fingerprint density at radius 2 is 2.25 bits per heavy atom. The Morgan fingerprint density at radius 1 is 1.40 bits per heavy atom. The summed E-state index contributed by atoms with van der Waals surface area (Å²) in [6, 6.07) is 9.25. The molecule has 2 rings (SSSR count). The molecule has 112 valence electrons. The van der Waals surface area contributed by atoms with Crippen LogP contribution < -0.4 is 5.32 Å². The van der Waals surface area contributed by atoms with Gasteiger partial charge < -0.3 is 10.1 Å². The molecule has 1 aromatic rings. The number of nitrogens with one attached hydrogen (secondary N) is 1. The lowest BCUT2D eigenvalue weighted by Crippen LogP contribution is -2.22. The molecule has 1 aromatic carbocycles. The van der Waals surface area contributed by atoms with E-state index in [1.807, 2.05) is 11.8 Å². The summed E-state index contributed by atoms with van der Waals surface area (Å²) >= 11 is 1.84. The van der Waals surface area contributed by atoms with Crippen LogP contribution >= 0.6 is 11.8 Å². The van der Waals surface area contributed by atoms with E-state index in [1.54, 1.807) is 0 Å². The van der Waals surface area contributed by atoms with Crippen molar-refractivity contribution in [1.82, 2.24) is 5.32 Å². The van der Waals surface area contributed by atoms with Gasteiger partial charge >= 0.3 is 0 Å². The number of rotatable bonds is 8. The Balaban J connectivity index is 1.91. The summed E-state index contributed by atoms with van der Waals surface area (Å²) in [5.74, 6) is 0. The van der Waals surface area contributed by atoms with Crippen LogP contribution in [-0.2, 0) is 4.74 Å². The maximum atomic E-state index is 5.72. The first-order valence-corrected chi connectivity index (χ1v) is 9.05. The summed E-state index contributed by atoms with van der Waals surface area (Å²) in [4.78, 5) is 1.40. The molecular formula is C17H27NOS. The van der Waals surface area contributed by atoms with Gasteiger partial charge in [0.2, 0.25) is 0 Å². The number of benzene rings is 1. The van der Waals surface area contributed by atoms with Gasteiger partial charge in [0, 0.05) is 17.5 Å². The molecular weight excluding hydrogens is 266 g/mol. The molecule has 1 aliphatic rings. The Bertz CT molecular complexity index is 390. The molecule has 0 saturated carbocycles. The smallest absolute Gasteiger partial charge is 0.0576 e. The van der Waals surface area contributed by atoms with E-state index in [9.17, 15) is 0 Å². The second-order valence-electron chi connectivity index (χ2n) is 5.42. The maximum Gasteiger partial charge on any atom is 0.0576 e. The Hall–Kier alpha value is -0.510. The van der Waals surface area contributed by atoms with Crippen LogP contribution in [0.3, 0.4) is 0 Å². The quantitative estimate of drug-likeness (QED) is 0.717. The molecule has 0 radical (unpaired) electrons. The molecule has 0 amide bonds. The van der Waals surface area contributed by atoms with E-state index in [4.69, 9.17) is 4.74 Å². The minimum Gasteiger partial charge on any atom is -0.378 e. The highest BCUT2D eigenvalue weighted by Crippen LogP contribution is 2.29. The van der Waals surface area contributed by atoms with Crippen LogP contribution in [0.5, 0.6) is 0 Å². The van der Waals surface area contributed by atoms with Gasteiger partial charge in [0.1, 0.15) is 0 Å². The SMILES string of the molecule is CCNC(CCCC1CCCO1)c1ccccc1SC. The highest BCUT2D eigenvalue weighted by atomic mass is 32.2. The fourth-order valence-electron chi connectivity index (χ4n) is 2.99. The normalized spacial score (nSPS) is 20.2. The number of ether oxygens (including phenoxy) is 1. The highest BCUT2D eigenvalue weighted by Gasteiger charge is 2.17. The van der Waals surface area contributed by atoms with Gasteiger partial charge in [-0.25, -0.2) is 0 Å². The van der Waals surface area contributed by atoms with Gasteiger partial charge in [-0.05, 0) is 56.5 Å². The predicted octanol–water partition coefficient (Wildman–Crippen LogP) is 4.41. The number of hydrogen-bond donors (Lipinski definition) is 1. The summed E-state index contributed by atoms with van der Waals surface area (Å²) in [7, 11) is 0. The fraction of sp³-hybridized carbons (Fsp3) is 0.647. The van der Waals surface area contributed by atoms with Crippen LogP contribution in [0.4, 0.5) is 0 Å². The van der Waals surface area contributed by atoms with Crippen LogP contribution in [0, 0.1) is 0 Å². The van der Waals surface area contributed by atoms with Gasteiger partial charge in [-0.1, -0.05) is 25.1 Å². The van der Waals surface area contributed by atoms with E-state index in [0.29, 0.717) is 12.1 Å². The van der Waals surface area contributed by atoms with Crippen LogP contribution in [0.1, 0.15) is 50.6 Å². The molecule has 1 N–H and O–H groups in total. The van der Waals surface area contributed by atoms with Crippen LogP contribution in [0.2, 0.25) is 0 Å². The summed E-state index contributed by atoms with van der Waals surface area (Å²) in [6.07, 6.45) is 8.84. The van der Waals surface area contributed by atoms with Crippen LogP contribution in [0.25, 0.3) is 0 Å². The maximum absolute atomic E-state index is 5.72. The molecule has 0 bridgehead atoms. The minimum absolute atomic E-state index is 0.477. The van der Waals surface area contributed by atoms with Crippen molar-refractivity contribution in [3.8, 4) is 0 Å². The summed E-state index contributed by atoms with van der Waals surface area (Å²) in [6.45, 7) is 4.18. The van der Waals surface area contributed by atoms with E-state index < -0.39 is 0 Å². The summed E-state index contributed by atoms with van der Waals surface area (Å²) in [5.41, 5.74) is 1.45. The van der Waals surface area contributed by atoms with Crippen molar-refractivity contribution in [1.29, 1.82) is 0 Å². The molecule has 2 atom stereocenters. The molecule has 0 aromatic heterocycles. The standard InChI is InChI=1S/C17H27NOS/c1-3-18-16(11-6-8-14-9-7-13-19-14)15-10-4-5-12-17(15)20-2/h4-5,10,12,14,16,18H,3,6-9,11,13H2,1-2H3. The molecule has 2 unspecified atom stereocenters. The van der Waals surface area contributed by atoms with Crippen molar-refractivity contribution >= 4 is 11.8 Å². The monoisotopic (exact) mass is 293 g/mol. The van der Waals surface area contributed by atoms with E-state index in [2.05, 4.69) is 42.8 Å². The molecule has 2 nitrogen and oxygen atoms in total. The van der Waals surface area contributed by atoms with Crippen molar-refractivity contribution in [3.05, 3.63) is 29.8 Å². The zero-order chi connectivity index (χ0) is 14.2. The zero-order valence-electron chi connectivity index (χ0n) is 12.7. The third kappa shape index (κ3) is 4.51. The summed E-state index contributed by atoms with van der Waals surface area (Å²) in [5, 5.41) is 3.64. The minimum atomic E-state index is 0.477. The van der Waals surface area contributed by atoms with Gasteiger partial charge in [0.15, 0.2) is 0 Å². The topological polar surface area (TPSA) is 21.3 Å². The molecule has 1 aliphatic heterocycles. The third-order valence-electron chi connectivity index (χ3n) is 4.01. The highest BCUT2D eigenvalue weighted by molar-refractivity contribution is 7.98.